The highest BCUT2D eigenvalue weighted by Crippen LogP contribution is 1.97. The van der Waals surface area contributed by atoms with Crippen molar-refractivity contribution in [1.82, 2.24) is 5.48 Å². The fourth-order valence-electron chi connectivity index (χ4n) is 0.741. The second kappa shape index (κ2) is 4.90. The van der Waals surface area contributed by atoms with Crippen LogP contribution >= 0.6 is 15.9 Å². The van der Waals surface area contributed by atoms with E-state index in [-0.39, 0.29) is 11.4 Å². The molecule has 1 rings (SSSR count). The standard InChI is InChI=1S/C8H8BrNO2/c9-6-12-10-8(11)7-4-2-1-3-5-7/h1-5H,6H2,(H,10,11). The molecule has 4 heteroatoms. The van der Waals surface area contributed by atoms with Crippen molar-refractivity contribution in [3.8, 4) is 0 Å². The zero-order valence-electron chi connectivity index (χ0n) is 6.29. The Labute approximate surface area is 78.8 Å². The second-order valence-corrected chi connectivity index (χ2v) is 2.51. The molecule has 12 heavy (non-hydrogen) atoms. The first-order chi connectivity index (χ1) is 5.84. The third kappa shape index (κ3) is 2.64. The van der Waals surface area contributed by atoms with Gasteiger partial charge in [-0.2, -0.15) is 0 Å². The largest absolute Gasteiger partial charge is 0.274 e. The molecular formula is C8H8BrNO2. The molecule has 0 unspecified atom stereocenters. The van der Waals surface area contributed by atoms with Crippen LogP contribution in [-0.2, 0) is 4.84 Å². The summed E-state index contributed by atoms with van der Waals surface area (Å²) in [5.74, 6) is -0.241. The molecule has 0 fully saturated rings. The Morgan fingerprint density at radius 1 is 1.42 bits per heavy atom. The molecule has 0 radical (unpaired) electrons. The smallest absolute Gasteiger partial charge is 0.267 e. The third-order valence-electron chi connectivity index (χ3n) is 1.26. The van der Waals surface area contributed by atoms with Gasteiger partial charge in [0.2, 0.25) is 0 Å². The number of hydroxylamine groups is 1. The number of rotatable bonds is 3. The fourth-order valence-corrected chi connectivity index (χ4v) is 0.856. The first kappa shape index (κ1) is 9.22. The minimum absolute atomic E-state index is 0.241. The average molecular weight is 230 g/mol. The zero-order valence-corrected chi connectivity index (χ0v) is 7.87. The maximum absolute atomic E-state index is 11.1. The molecule has 0 heterocycles. The summed E-state index contributed by atoms with van der Waals surface area (Å²) in [6, 6.07) is 8.87. The van der Waals surface area contributed by atoms with Crippen LogP contribution in [0.25, 0.3) is 0 Å². The van der Waals surface area contributed by atoms with Crippen LogP contribution in [0.5, 0.6) is 0 Å². The normalized spacial score (nSPS) is 9.42. The van der Waals surface area contributed by atoms with Crippen LogP contribution in [0.2, 0.25) is 0 Å². The van der Waals surface area contributed by atoms with Crippen molar-refractivity contribution in [1.29, 1.82) is 0 Å². The van der Waals surface area contributed by atoms with E-state index >= 15 is 0 Å². The highest BCUT2D eigenvalue weighted by atomic mass is 79.9. The van der Waals surface area contributed by atoms with Crippen molar-refractivity contribution in [2.75, 3.05) is 5.52 Å². The number of benzene rings is 1. The van der Waals surface area contributed by atoms with Gasteiger partial charge in [0.15, 0.2) is 0 Å². The van der Waals surface area contributed by atoms with Crippen LogP contribution in [0.3, 0.4) is 0 Å². The van der Waals surface area contributed by atoms with E-state index in [1.807, 2.05) is 6.07 Å². The molecule has 0 aromatic heterocycles. The van der Waals surface area contributed by atoms with Crippen LogP contribution in [0.15, 0.2) is 30.3 Å². The Hall–Kier alpha value is -0.870. The molecule has 1 N–H and O–H groups in total. The van der Waals surface area contributed by atoms with E-state index in [0.717, 1.165) is 0 Å². The van der Waals surface area contributed by atoms with Crippen molar-refractivity contribution in [2.45, 2.75) is 0 Å². The summed E-state index contributed by atoms with van der Waals surface area (Å²) >= 11 is 3.01. The summed E-state index contributed by atoms with van der Waals surface area (Å²) < 4.78 is 0. The molecule has 0 spiro atoms. The molecule has 1 aromatic rings. The molecule has 64 valence electrons. The predicted octanol–water partition coefficient (Wildman–Crippen LogP) is 1.70. The Morgan fingerprint density at radius 2 is 2.08 bits per heavy atom. The molecule has 0 bridgehead atoms. The molecule has 0 atom stereocenters. The Morgan fingerprint density at radius 3 is 2.67 bits per heavy atom. The van der Waals surface area contributed by atoms with Gasteiger partial charge in [-0.05, 0) is 12.1 Å². The maximum atomic E-state index is 11.1. The molecule has 0 aliphatic heterocycles. The SMILES string of the molecule is O=C(NOCBr)c1ccccc1. The number of halogens is 1. The van der Waals surface area contributed by atoms with Gasteiger partial charge in [-0.25, -0.2) is 5.48 Å². The summed E-state index contributed by atoms with van der Waals surface area (Å²) in [5, 5.41) is 0. The van der Waals surface area contributed by atoms with Crippen LogP contribution in [0.4, 0.5) is 0 Å². The summed E-state index contributed by atoms with van der Waals surface area (Å²) in [4.78, 5) is 15.8. The van der Waals surface area contributed by atoms with Crippen LogP contribution < -0.4 is 5.48 Å². The van der Waals surface area contributed by atoms with Crippen LogP contribution in [-0.4, -0.2) is 11.4 Å². The van der Waals surface area contributed by atoms with Crippen molar-refractivity contribution < 1.29 is 9.63 Å². The van der Waals surface area contributed by atoms with Gasteiger partial charge >= 0.3 is 0 Å². The molecule has 0 aliphatic rings. The highest BCUT2D eigenvalue weighted by molar-refractivity contribution is 9.09. The molecular weight excluding hydrogens is 222 g/mol. The number of nitrogens with one attached hydrogen (secondary N) is 1. The van der Waals surface area contributed by atoms with E-state index < -0.39 is 0 Å². The minimum atomic E-state index is -0.241. The van der Waals surface area contributed by atoms with Crippen molar-refractivity contribution in [3.63, 3.8) is 0 Å². The van der Waals surface area contributed by atoms with Gasteiger partial charge in [0.1, 0.15) is 5.52 Å². The Bertz CT molecular complexity index is 250. The lowest BCUT2D eigenvalue weighted by Gasteiger charge is -2.01. The van der Waals surface area contributed by atoms with E-state index in [9.17, 15) is 4.79 Å². The van der Waals surface area contributed by atoms with E-state index in [2.05, 4.69) is 26.2 Å². The maximum Gasteiger partial charge on any atom is 0.274 e. The number of hydrogen-bond acceptors (Lipinski definition) is 2. The molecule has 3 nitrogen and oxygen atoms in total. The summed E-state index contributed by atoms with van der Waals surface area (Å²) in [5.41, 5.74) is 3.13. The van der Waals surface area contributed by atoms with Gasteiger partial charge in [-0.15, -0.1) is 0 Å². The summed E-state index contributed by atoms with van der Waals surface area (Å²) in [6.07, 6.45) is 0. The molecule has 1 aromatic carbocycles. The Balaban J connectivity index is 2.54. The molecule has 0 saturated carbocycles. The lowest BCUT2D eigenvalue weighted by molar-refractivity contribution is 0.0501. The number of hydrogen-bond donors (Lipinski definition) is 1. The van der Waals surface area contributed by atoms with Crippen molar-refractivity contribution in [2.24, 2.45) is 0 Å². The number of alkyl halides is 1. The lowest BCUT2D eigenvalue weighted by Crippen LogP contribution is -2.22. The van der Waals surface area contributed by atoms with Gasteiger partial charge in [0.25, 0.3) is 5.91 Å². The van der Waals surface area contributed by atoms with E-state index in [4.69, 9.17) is 0 Å². The van der Waals surface area contributed by atoms with Gasteiger partial charge in [0.05, 0.1) is 0 Å². The zero-order chi connectivity index (χ0) is 8.81. The fraction of sp³-hybridized carbons (Fsp3) is 0.125. The van der Waals surface area contributed by atoms with Crippen molar-refractivity contribution >= 4 is 21.8 Å². The van der Waals surface area contributed by atoms with Gasteiger partial charge in [0, 0.05) is 5.56 Å². The second-order valence-electron chi connectivity index (χ2n) is 2.05. The van der Waals surface area contributed by atoms with Crippen LogP contribution in [0.1, 0.15) is 10.4 Å². The molecule has 0 saturated heterocycles. The highest BCUT2D eigenvalue weighted by Gasteiger charge is 2.01. The quantitative estimate of drug-likeness (QED) is 0.633. The third-order valence-corrected chi connectivity index (χ3v) is 1.48. The Kier molecular flexibility index (Phi) is 3.76. The number of amides is 1. The van der Waals surface area contributed by atoms with Gasteiger partial charge in [-0.1, -0.05) is 34.1 Å². The van der Waals surface area contributed by atoms with E-state index in [0.29, 0.717) is 5.56 Å². The van der Waals surface area contributed by atoms with E-state index in [1.165, 1.54) is 0 Å². The first-order valence-corrected chi connectivity index (χ1v) is 4.50. The monoisotopic (exact) mass is 229 g/mol. The average Bonchev–Trinajstić information content (AvgIpc) is 2.15. The molecule has 0 aliphatic carbocycles. The van der Waals surface area contributed by atoms with Gasteiger partial charge in [-0.3, -0.25) is 9.63 Å². The summed E-state index contributed by atoms with van der Waals surface area (Å²) in [7, 11) is 0. The van der Waals surface area contributed by atoms with Crippen molar-refractivity contribution in [3.05, 3.63) is 35.9 Å². The first-order valence-electron chi connectivity index (χ1n) is 3.37. The lowest BCUT2D eigenvalue weighted by atomic mass is 10.2. The topological polar surface area (TPSA) is 38.3 Å². The summed E-state index contributed by atoms with van der Waals surface area (Å²) in [6.45, 7) is 0. The molecule has 1 amide bonds. The predicted molar refractivity (Wildman–Crippen MR) is 48.8 cm³/mol. The minimum Gasteiger partial charge on any atom is -0.267 e. The van der Waals surface area contributed by atoms with Gasteiger partial charge < -0.3 is 0 Å². The number of carbonyl (C=O) groups excluding carboxylic acids is 1. The van der Waals surface area contributed by atoms with Crippen LogP contribution in [0, 0.1) is 0 Å². The number of carbonyl (C=O) groups is 1. The van der Waals surface area contributed by atoms with E-state index in [1.54, 1.807) is 24.3 Å².